The average molecular weight is 259 g/mol. The Morgan fingerprint density at radius 1 is 1.53 bits per heavy atom. The molecular formula is C14H17N3O2. The molecule has 100 valence electrons. The second kappa shape index (κ2) is 4.81. The number of nitrogens with zero attached hydrogens (tertiary/aromatic N) is 2. The molecule has 0 bridgehead atoms. The molecule has 0 atom stereocenters. The van der Waals surface area contributed by atoms with E-state index in [2.05, 4.69) is 6.07 Å². The fourth-order valence-corrected chi connectivity index (χ4v) is 1.91. The molecule has 2 rings (SSSR count). The van der Waals surface area contributed by atoms with E-state index in [4.69, 9.17) is 15.7 Å². The molecule has 5 nitrogen and oxygen atoms in total. The van der Waals surface area contributed by atoms with Crippen LogP contribution in [-0.2, 0) is 4.79 Å². The van der Waals surface area contributed by atoms with E-state index in [1.807, 2.05) is 13.8 Å². The van der Waals surface area contributed by atoms with Crippen LogP contribution in [0.4, 0.5) is 11.4 Å². The molecule has 0 aromatic heterocycles. The minimum Gasteiger partial charge on any atom is -0.482 e. The van der Waals surface area contributed by atoms with E-state index in [9.17, 15) is 4.79 Å². The average Bonchev–Trinajstić information content (AvgIpc) is 2.37. The summed E-state index contributed by atoms with van der Waals surface area (Å²) in [5.41, 5.74) is 6.56. The SMILES string of the molecule is CC(C)(C#N)CCN1C(=O)COc2ccc(N)cc21. The molecule has 1 aromatic rings. The maximum atomic E-state index is 12.0. The number of nitrogens with two attached hydrogens (primary N) is 1. The third-order valence-corrected chi connectivity index (χ3v) is 3.19. The Morgan fingerprint density at radius 2 is 2.26 bits per heavy atom. The van der Waals surface area contributed by atoms with Crippen LogP contribution in [0.1, 0.15) is 20.3 Å². The number of fused-ring (bicyclic) bond motifs is 1. The summed E-state index contributed by atoms with van der Waals surface area (Å²) in [6.45, 7) is 4.24. The van der Waals surface area contributed by atoms with Crippen LogP contribution < -0.4 is 15.4 Å². The first-order valence-corrected chi connectivity index (χ1v) is 6.17. The van der Waals surface area contributed by atoms with Gasteiger partial charge in [0.2, 0.25) is 0 Å². The van der Waals surface area contributed by atoms with Crippen LogP contribution in [0.2, 0.25) is 0 Å². The Balaban J connectivity index is 2.24. The predicted octanol–water partition coefficient (Wildman–Crippen LogP) is 1.93. The van der Waals surface area contributed by atoms with Crippen molar-refractivity contribution >= 4 is 17.3 Å². The molecule has 0 radical (unpaired) electrons. The lowest BCUT2D eigenvalue weighted by atomic mass is 9.91. The minimum atomic E-state index is -0.459. The number of hydrogen-bond donors (Lipinski definition) is 1. The summed E-state index contributed by atoms with van der Waals surface area (Å²) in [7, 11) is 0. The van der Waals surface area contributed by atoms with Crippen molar-refractivity contribution in [2.24, 2.45) is 5.41 Å². The molecule has 0 spiro atoms. The van der Waals surface area contributed by atoms with Gasteiger partial charge in [0.1, 0.15) is 5.75 Å². The number of carbonyl (C=O) groups excluding carboxylic acids is 1. The van der Waals surface area contributed by atoms with Gasteiger partial charge in [-0.15, -0.1) is 0 Å². The molecule has 1 aromatic carbocycles. The van der Waals surface area contributed by atoms with Crippen LogP contribution in [-0.4, -0.2) is 19.1 Å². The maximum Gasteiger partial charge on any atom is 0.265 e. The van der Waals surface area contributed by atoms with Gasteiger partial charge in [-0.3, -0.25) is 4.79 Å². The normalized spacial score (nSPS) is 14.6. The highest BCUT2D eigenvalue weighted by Crippen LogP contribution is 2.34. The van der Waals surface area contributed by atoms with Gasteiger partial charge in [0.25, 0.3) is 5.91 Å². The van der Waals surface area contributed by atoms with Crippen molar-refractivity contribution in [2.75, 3.05) is 23.8 Å². The van der Waals surface area contributed by atoms with Crippen molar-refractivity contribution in [3.8, 4) is 11.8 Å². The molecule has 1 aliphatic heterocycles. The van der Waals surface area contributed by atoms with Gasteiger partial charge in [0.05, 0.1) is 17.2 Å². The van der Waals surface area contributed by atoms with Crippen LogP contribution in [0, 0.1) is 16.7 Å². The van der Waals surface area contributed by atoms with E-state index in [0.29, 0.717) is 30.1 Å². The zero-order valence-electron chi connectivity index (χ0n) is 11.1. The predicted molar refractivity (Wildman–Crippen MR) is 72.7 cm³/mol. The number of ether oxygens (including phenoxy) is 1. The van der Waals surface area contributed by atoms with E-state index in [1.165, 1.54) is 0 Å². The van der Waals surface area contributed by atoms with Crippen LogP contribution in [0.25, 0.3) is 0 Å². The lowest BCUT2D eigenvalue weighted by Crippen LogP contribution is -2.40. The molecule has 1 aliphatic rings. The van der Waals surface area contributed by atoms with E-state index in [-0.39, 0.29) is 12.5 Å². The summed E-state index contributed by atoms with van der Waals surface area (Å²) in [5.74, 6) is 0.551. The number of rotatable bonds is 3. The Hall–Kier alpha value is -2.22. The number of carbonyl (C=O) groups is 1. The molecule has 0 aliphatic carbocycles. The molecule has 2 N–H and O–H groups in total. The second-order valence-electron chi connectivity index (χ2n) is 5.31. The minimum absolute atomic E-state index is 0.0316. The molecule has 0 fully saturated rings. The molecule has 0 unspecified atom stereocenters. The van der Waals surface area contributed by atoms with E-state index in [0.717, 1.165) is 0 Å². The number of amides is 1. The molecule has 5 heteroatoms. The Bertz CT molecular complexity index is 546. The van der Waals surface area contributed by atoms with Crippen molar-refractivity contribution in [1.29, 1.82) is 5.26 Å². The van der Waals surface area contributed by atoms with Gasteiger partial charge in [0.15, 0.2) is 6.61 Å². The monoisotopic (exact) mass is 259 g/mol. The van der Waals surface area contributed by atoms with Gasteiger partial charge < -0.3 is 15.4 Å². The Morgan fingerprint density at radius 3 is 2.95 bits per heavy atom. The summed E-state index contributed by atoms with van der Waals surface area (Å²) in [6.07, 6.45) is 0.601. The molecule has 0 saturated carbocycles. The maximum absolute atomic E-state index is 12.0. The number of nitriles is 1. The highest BCUT2D eigenvalue weighted by Gasteiger charge is 2.27. The van der Waals surface area contributed by atoms with Gasteiger partial charge in [-0.2, -0.15) is 5.26 Å². The number of hydrogen-bond acceptors (Lipinski definition) is 4. The smallest absolute Gasteiger partial charge is 0.265 e. The first-order chi connectivity index (χ1) is 8.93. The molecule has 1 heterocycles. The number of nitrogen functional groups attached to an aromatic ring is 1. The van der Waals surface area contributed by atoms with E-state index >= 15 is 0 Å². The first-order valence-electron chi connectivity index (χ1n) is 6.17. The zero-order chi connectivity index (χ0) is 14.0. The third kappa shape index (κ3) is 2.79. The quantitative estimate of drug-likeness (QED) is 0.841. The molecule has 0 saturated heterocycles. The van der Waals surface area contributed by atoms with Crippen LogP contribution in [0.3, 0.4) is 0 Å². The van der Waals surface area contributed by atoms with Gasteiger partial charge in [-0.1, -0.05) is 0 Å². The lowest BCUT2D eigenvalue weighted by molar-refractivity contribution is -0.121. The zero-order valence-corrected chi connectivity index (χ0v) is 11.1. The van der Waals surface area contributed by atoms with Crippen LogP contribution >= 0.6 is 0 Å². The standard InChI is InChI=1S/C14H17N3O2/c1-14(2,9-15)5-6-17-11-7-10(16)3-4-12(11)19-8-13(17)18/h3-4,7H,5-6,8,16H2,1-2H3. The topological polar surface area (TPSA) is 79.3 Å². The fourth-order valence-electron chi connectivity index (χ4n) is 1.91. The van der Waals surface area contributed by atoms with Gasteiger partial charge in [0, 0.05) is 12.2 Å². The number of anilines is 2. The van der Waals surface area contributed by atoms with E-state index < -0.39 is 5.41 Å². The summed E-state index contributed by atoms with van der Waals surface area (Å²) < 4.78 is 5.37. The molecular weight excluding hydrogens is 242 g/mol. The van der Waals surface area contributed by atoms with Crippen LogP contribution in [0.15, 0.2) is 18.2 Å². The fraction of sp³-hybridized carbons (Fsp3) is 0.429. The van der Waals surface area contributed by atoms with E-state index in [1.54, 1.807) is 23.1 Å². The van der Waals surface area contributed by atoms with Crippen LogP contribution in [0.5, 0.6) is 5.75 Å². The Kier molecular flexibility index (Phi) is 3.34. The first kappa shape index (κ1) is 13.2. The molecule has 1 amide bonds. The lowest BCUT2D eigenvalue weighted by Gasteiger charge is -2.31. The van der Waals surface area contributed by atoms with Gasteiger partial charge in [-0.05, 0) is 38.5 Å². The highest BCUT2D eigenvalue weighted by molar-refractivity contribution is 5.98. The third-order valence-electron chi connectivity index (χ3n) is 3.19. The van der Waals surface area contributed by atoms with Crippen molar-refractivity contribution in [3.63, 3.8) is 0 Å². The van der Waals surface area contributed by atoms with Gasteiger partial charge in [-0.25, -0.2) is 0 Å². The van der Waals surface area contributed by atoms with Crippen molar-refractivity contribution in [1.82, 2.24) is 0 Å². The van der Waals surface area contributed by atoms with Crippen molar-refractivity contribution in [3.05, 3.63) is 18.2 Å². The van der Waals surface area contributed by atoms with Crippen molar-refractivity contribution in [2.45, 2.75) is 20.3 Å². The Labute approximate surface area is 112 Å². The summed E-state index contributed by atoms with van der Waals surface area (Å²) in [5, 5.41) is 9.03. The van der Waals surface area contributed by atoms with Crippen molar-refractivity contribution < 1.29 is 9.53 Å². The highest BCUT2D eigenvalue weighted by atomic mass is 16.5. The largest absolute Gasteiger partial charge is 0.482 e. The van der Waals surface area contributed by atoms with Gasteiger partial charge >= 0.3 is 0 Å². The second-order valence-corrected chi connectivity index (χ2v) is 5.31. The molecule has 19 heavy (non-hydrogen) atoms. The number of benzene rings is 1. The summed E-state index contributed by atoms with van der Waals surface area (Å²) >= 11 is 0. The summed E-state index contributed by atoms with van der Waals surface area (Å²) in [4.78, 5) is 13.6. The summed E-state index contributed by atoms with van der Waals surface area (Å²) in [6, 6.07) is 7.47.